The standard InChI is InChI=1S/C27H28N6O/c1-19-15-20(2)17-23(16-19)29-27(34)22-9-6-13-32(18-22)24-10-11-25(31-30-24)33-14-12-28-26(33)21-7-4-3-5-8-21/h3-5,7-8,10-12,14-17,22H,6,9,13,18H2,1-2H3,(H,29,34). The molecule has 1 atom stereocenters. The second kappa shape index (κ2) is 9.47. The van der Waals surface area contributed by atoms with Gasteiger partial charge >= 0.3 is 0 Å². The quantitative estimate of drug-likeness (QED) is 0.471. The number of carbonyl (C=O) groups excluding carboxylic acids is 1. The lowest BCUT2D eigenvalue weighted by atomic mass is 9.97. The molecule has 0 radical (unpaired) electrons. The number of amides is 1. The average molecular weight is 453 g/mol. The van der Waals surface area contributed by atoms with Crippen molar-refractivity contribution in [3.8, 4) is 17.2 Å². The van der Waals surface area contributed by atoms with E-state index in [2.05, 4.69) is 31.5 Å². The van der Waals surface area contributed by atoms with Crippen LogP contribution in [0.1, 0.15) is 24.0 Å². The molecule has 1 saturated heterocycles. The fourth-order valence-corrected chi connectivity index (χ4v) is 4.59. The zero-order valence-electron chi connectivity index (χ0n) is 19.5. The van der Waals surface area contributed by atoms with Gasteiger partial charge in [-0.05, 0) is 62.1 Å². The number of piperidine rings is 1. The molecule has 2 aromatic heterocycles. The largest absolute Gasteiger partial charge is 0.354 e. The minimum atomic E-state index is -0.0885. The van der Waals surface area contributed by atoms with Crippen LogP contribution < -0.4 is 10.2 Å². The Morgan fingerprint density at radius 3 is 2.44 bits per heavy atom. The first-order valence-electron chi connectivity index (χ1n) is 11.6. The summed E-state index contributed by atoms with van der Waals surface area (Å²) in [6.45, 7) is 5.58. The molecule has 2 aromatic carbocycles. The van der Waals surface area contributed by atoms with Crippen LogP contribution in [0.25, 0.3) is 17.2 Å². The molecule has 4 aromatic rings. The van der Waals surface area contributed by atoms with Gasteiger partial charge in [-0.2, -0.15) is 0 Å². The van der Waals surface area contributed by atoms with E-state index in [1.165, 1.54) is 0 Å². The summed E-state index contributed by atoms with van der Waals surface area (Å²) in [5, 5.41) is 12.1. The zero-order chi connectivity index (χ0) is 23.5. The summed E-state index contributed by atoms with van der Waals surface area (Å²) in [4.78, 5) is 19.6. The predicted molar refractivity (Wildman–Crippen MR) is 134 cm³/mol. The average Bonchev–Trinajstić information content (AvgIpc) is 3.34. The van der Waals surface area contributed by atoms with Crippen LogP contribution in [0.2, 0.25) is 0 Å². The van der Waals surface area contributed by atoms with E-state index in [1.807, 2.05) is 79.2 Å². The first-order chi connectivity index (χ1) is 16.6. The lowest BCUT2D eigenvalue weighted by Crippen LogP contribution is -2.41. The second-order valence-electron chi connectivity index (χ2n) is 8.89. The van der Waals surface area contributed by atoms with Gasteiger partial charge in [0.1, 0.15) is 5.82 Å². The van der Waals surface area contributed by atoms with Crippen molar-refractivity contribution in [2.24, 2.45) is 5.92 Å². The number of rotatable bonds is 5. The number of nitrogens with one attached hydrogen (secondary N) is 1. The normalized spacial score (nSPS) is 15.8. The van der Waals surface area contributed by atoms with E-state index in [9.17, 15) is 4.79 Å². The Balaban J connectivity index is 1.29. The van der Waals surface area contributed by atoms with Crippen molar-refractivity contribution in [1.82, 2.24) is 19.7 Å². The van der Waals surface area contributed by atoms with Crippen LogP contribution in [0.3, 0.4) is 0 Å². The van der Waals surface area contributed by atoms with Crippen LogP contribution in [0.5, 0.6) is 0 Å². The summed E-state index contributed by atoms with van der Waals surface area (Å²) in [6, 6.07) is 20.1. The molecule has 172 valence electrons. The Hall–Kier alpha value is -4.00. The van der Waals surface area contributed by atoms with E-state index in [4.69, 9.17) is 0 Å². The molecule has 0 aliphatic carbocycles. The molecule has 7 heteroatoms. The molecule has 1 N–H and O–H groups in total. The topological polar surface area (TPSA) is 75.9 Å². The highest BCUT2D eigenvalue weighted by Gasteiger charge is 2.27. The van der Waals surface area contributed by atoms with Gasteiger partial charge < -0.3 is 10.2 Å². The van der Waals surface area contributed by atoms with Gasteiger partial charge in [0.05, 0.1) is 5.92 Å². The summed E-state index contributed by atoms with van der Waals surface area (Å²) >= 11 is 0. The van der Waals surface area contributed by atoms with Crippen molar-refractivity contribution < 1.29 is 4.79 Å². The van der Waals surface area contributed by atoms with Crippen molar-refractivity contribution in [2.75, 3.05) is 23.3 Å². The van der Waals surface area contributed by atoms with E-state index < -0.39 is 0 Å². The highest BCUT2D eigenvalue weighted by Crippen LogP contribution is 2.25. The lowest BCUT2D eigenvalue weighted by molar-refractivity contribution is -0.120. The molecule has 3 heterocycles. The number of imidazole rings is 1. The number of hydrogen-bond donors (Lipinski definition) is 1. The third-order valence-corrected chi connectivity index (χ3v) is 6.16. The number of hydrogen-bond acceptors (Lipinski definition) is 5. The number of aryl methyl sites for hydroxylation is 2. The first kappa shape index (κ1) is 21.8. The van der Waals surface area contributed by atoms with Gasteiger partial charge in [0, 0.05) is 36.7 Å². The lowest BCUT2D eigenvalue weighted by Gasteiger charge is -2.32. The summed E-state index contributed by atoms with van der Waals surface area (Å²) in [5.74, 6) is 2.29. The molecule has 1 fully saturated rings. The van der Waals surface area contributed by atoms with Crippen molar-refractivity contribution >= 4 is 17.4 Å². The van der Waals surface area contributed by atoms with E-state index in [0.29, 0.717) is 12.4 Å². The molecule has 7 nitrogen and oxygen atoms in total. The maximum atomic E-state index is 13.0. The van der Waals surface area contributed by atoms with Gasteiger partial charge in [-0.15, -0.1) is 10.2 Å². The highest BCUT2D eigenvalue weighted by atomic mass is 16.1. The maximum absolute atomic E-state index is 13.0. The Kier molecular flexibility index (Phi) is 6.08. The van der Waals surface area contributed by atoms with E-state index in [0.717, 1.165) is 53.4 Å². The molecule has 1 unspecified atom stereocenters. The molecule has 0 saturated carbocycles. The van der Waals surface area contributed by atoms with Crippen LogP contribution in [0.4, 0.5) is 11.5 Å². The molecule has 34 heavy (non-hydrogen) atoms. The monoisotopic (exact) mass is 452 g/mol. The Morgan fingerprint density at radius 1 is 0.971 bits per heavy atom. The van der Waals surface area contributed by atoms with Crippen molar-refractivity contribution in [3.05, 3.63) is 84.2 Å². The van der Waals surface area contributed by atoms with Crippen LogP contribution in [0, 0.1) is 19.8 Å². The van der Waals surface area contributed by atoms with Crippen molar-refractivity contribution in [3.63, 3.8) is 0 Å². The SMILES string of the molecule is Cc1cc(C)cc(NC(=O)C2CCCN(c3ccc(-n4ccnc4-c4ccccc4)nn3)C2)c1. The third-order valence-electron chi connectivity index (χ3n) is 6.16. The summed E-state index contributed by atoms with van der Waals surface area (Å²) in [7, 11) is 0. The van der Waals surface area contributed by atoms with E-state index >= 15 is 0 Å². The zero-order valence-corrected chi connectivity index (χ0v) is 19.5. The minimum absolute atomic E-state index is 0.0604. The summed E-state index contributed by atoms with van der Waals surface area (Å²) < 4.78 is 1.93. The number of nitrogens with zero attached hydrogens (tertiary/aromatic N) is 5. The first-order valence-corrected chi connectivity index (χ1v) is 11.6. The van der Waals surface area contributed by atoms with Crippen LogP contribution in [0.15, 0.2) is 73.1 Å². The number of carbonyl (C=O) groups is 1. The van der Waals surface area contributed by atoms with Crippen LogP contribution in [-0.2, 0) is 4.79 Å². The van der Waals surface area contributed by atoms with Crippen LogP contribution in [-0.4, -0.2) is 38.7 Å². The summed E-state index contributed by atoms with van der Waals surface area (Å²) in [5.41, 5.74) is 4.17. The molecular formula is C27H28N6O. The smallest absolute Gasteiger partial charge is 0.229 e. The number of benzene rings is 2. The molecule has 5 rings (SSSR count). The number of aromatic nitrogens is 4. The van der Waals surface area contributed by atoms with Gasteiger partial charge in [-0.25, -0.2) is 4.98 Å². The maximum Gasteiger partial charge on any atom is 0.229 e. The third kappa shape index (κ3) is 4.69. The molecule has 0 bridgehead atoms. The highest BCUT2D eigenvalue weighted by molar-refractivity contribution is 5.93. The Labute approximate surface area is 199 Å². The second-order valence-corrected chi connectivity index (χ2v) is 8.89. The Morgan fingerprint density at radius 2 is 1.71 bits per heavy atom. The van der Waals surface area contributed by atoms with Gasteiger partial charge in [0.2, 0.25) is 5.91 Å². The van der Waals surface area contributed by atoms with Gasteiger partial charge in [-0.1, -0.05) is 36.4 Å². The van der Waals surface area contributed by atoms with E-state index in [-0.39, 0.29) is 11.8 Å². The molecule has 0 spiro atoms. The fraction of sp³-hybridized carbons (Fsp3) is 0.259. The van der Waals surface area contributed by atoms with Crippen molar-refractivity contribution in [2.45, 2.75) is 26.7 Å². The van der Waals surface area contributed by atoms with E-state index in [1.54, 1.807) is 6.20 Å². The molecule has 1 amide bonds. The predicted octanol–water partition coefficient (Wildman–Crippen LogP) is 4.80. The Bertz CT molecular complexity index is 1260. The minimum Gasteiger partial charge on any atom is -0.354 e. The van der Waals surface area contributed by atoms with Crippen molar-refractivity contribution in [1.29, 1.82) is 0 Å². The fourth-order valence-electron chi connectivity index (χ4n) is 4.59. The van der Waals surface area contributed by atoms with Gasteiger partial charge in [-0.3, -0.25) is 9.36 Å². The number of anilines is 2. The summed E-state index contributed by atoms with van der Waals surface area (Å²) in [6.07, 6.45) is 5.46. The van der Waals surface area contributed by atoms with Gasteiger partial charge in [0.25, 0.3) is 0 Å². The molecule has 1 aliphatic heterocycles. The molecular weight excluding hydrogens is 424 g/mol. The van der Waals surface area contributed by atoms with Crippen LogP contribution >= 0.6 is 0 Å². The van der Waals surface area contributed by atoms with Gasteiger partial charge in [0.15, 0.2) is 11.6 Å². The molecule has 1 aliphatic rings.